The van der Waals surface area contributed by atoms with Crippen LogP contribution >= 0.6 is 23.6 Å². The molecule has 1 saturated heterocycles. The van der Waals surface area contributed by atoms with Crippen molar-refractivity contribution in [3.05, 3.63) is 58.2 Å². The van der Waals surface area contributed by atoms with Crippen molar-refractivity contribution < 1.29 is 9.53 Å². The van der Waals surface area contributed by atoms with Gasteiger partial charge >= 0.3 is 5.97 Å². The van der Waals surface area contributed by atoms with Crippen molar-refractivity contribution in [2.75, 3.05) is 38.1 Å². The van der Waals surface area contributed by atoms with Crippen LogP contribution in [0.1, 0.15) is 33.4 Å². The molecule has 7 nitrogen and oxygen atoms in total. The Morgan fingerprint density at radius 1 is 1.18 bits per heavy atom. The Morgan fingerprint density at radius 3 is 2.50 bits per heavy atom. The molecule has 0 bridgehead atoms. The van der Waals surface area contributed by atoms with Gasteiger partial charge in [-0.05, 0) is 38.6 Å². The van der Waals surface area contributed by atoms with Gasteiger partial charge in [-0.25, -0.2) is 4.79 Å². The molecule has 0 radical (unpaired) electrons. The van der Waals surface area contributed by atoms with Crippen molar-refractivity contribution in [3.8, 4) is 11.1 Å². The van der Waals surface area contributed by atoms with E-state index in [1.165, 1.54) is 5.56 Å². The number of piperazine rings is 1. The molecule has 1 aliphatic rings. The highest BCUT2D eigenvalue weighted by Crippen LogP contribution is 2.40. The van der Waals surface area contributed by atoms with E-state index >= 15 is 0 Å². The maximum absolute atomic E-state index is 13.0. The fourth-order valence-corrected chi connectivity index (χ4v) is 5.73. The highest BCUT2D eigenvalue weighted by atomic mass is 32.1. The second-order valence-corrected chi connectivity index (χ2v) is 10.0. The number of nitrogens with zero attached hydrogens (tertiary/aromatic N) is 4. The van der Waals surface area contributed by atoms with Gasteiger partial charge in [0, 0.05) is 62.0 Å². The third kappa shape index (κ3) is 5.32. The summed E-state index contributed by atoms with van der Waals surface area (Å²) in [6.07, 6.45) is 2.09. The third-order valence-corrected chi connectivity index (χ3v) is 7.40. The molecule has 1 aliphatic heterocycles. The van der Waals surface area contributed by atoms with Crippen LogP contribution in [0, 0.1) is 13.8 Å². The molecule has 1 N–H and O–H groups in total. The zero-order valence-electron chi connectivity index (χ0n) is 20.1. The summed E-state index contributed by atoms with van der Waals surface area (Å²) in [4.78, 5) is 18.6. The zero-order chi connectivity index (χ0) is 24.2. The first-order chi connectivity index (χ1) is 16.4. The van der Waals surface area contributed by atoms with Crippen LogP contribution in [0.4, 0.5) is 5.00 Å². The van der Waals surface area contributed by atoms with Gasteiger partial charge in [0.25, 0.3) is 0 Å². The summed E-state index contributed by atoms with van der Waals surface area (Å²) in [5, 5.41) is 9.20. The summed E-state index contributed by atoms with van der Waals surface area (Å²) in [6, 6.07) is 9.96. The molecule has 1 aromatic carbocycles. The van der Waals surface area contributed by atoms with Gasteiger partial charge in [0.15, 0.2) is 5.11 Å². The fraction of sp³-hybridized carbons (Fsp3) is 0.400. The number of benzene rings is 1. The number of ether oxygens (including phenoxy) is 1. The molecular weight excluding hydrogens is 466 g/mol. The first-order valence-electron chi connectivity index (χ1n) is 11.5. The third-order valence-electron chi connectivity index (χ3n) is 6.02. The van der Waals surface area contributed by atoms with Gasteiger partial charge in [-0.2, -0.15) is 5.10 Å². The predicted octanol–water partition coefficient (Wildman–Crippen LogP) is 4.46. The highest BCUT2D eigenvalue weighted by molar-refractivity contribution is 7.80. The fourth-order valence-electron chi connectivity index (χ4n) is 4.31. The van der Waals surface area contributed by atoms with Crippen molar-refractivity contribution in [1.82, 2.24) is 19.6 Å². The van der Waals surface area contributed by atoms with Crippen LogP contribution in [0.25, 0.3) is 11.1 Å². The SMILES string of the molecule is CCOC(=O)c1c(NC(=S)N2CCN(Cc3cn(C)nc3C)CC2)sc(C)c1-c1ccccc1. The molecule has 0 amide bonds. The van der Waals surface area contributed by atoms with Crippen LogP contribution < -0.4 is 5.32 Å². The molecule has 3 heterocycles. The molecular formula is C25H31N5O2S2. The Morgan fingerprint density at radius 2 is 1.88 bits per heavy atom. The number of nitrogens with one attached hydrogen (secondary N) is 1. The zero-order valence-corrected chi connectivity index (χ0v) is 21.8. The molecule has 2 aromatic heterocycles. The Balaban J connectivity index is 1.47. The van der Waals surface area contributed by atoms with Gasteiger partial charge in [-0.3, -0.25) is 9.58 Å². The van der Waals surface area contributed by atoms with Gasteiger partial charge in [0.2, 0.25) is 0 Å². The average Bonchev–Trinajstić information content (AvgIpc) is 3.32. The maximum Gasteiger partial charge on any atom is 0.341 e. The number of aryl methyl sites for hydroxylation is 3. The van der Waals surface area contributed by atoms with E-state index in [-0.39, 0.29) is 5.97 Å². The minimum Gasteiger partial charge on any atom is -0.462 e. The lowest BCUT2D eigenvalue weighted by Gasteiger charge is -2.36. The molecule has 180 valence electrons. The second-order valence-electron chi connectivity index (χ2n) is 8.43. The molecule has 9 heteroatoms. The standard InChI is InChI=1S/C25H31N5O2S2/c1-5-32-24(31)22-21(19-9-7-6-8-10-19)18(3)34-23(22)26-25(33)30-13-11-29(12-14-30)16-20-15-28(4)27-17(20)2/h6-10,15H,5,11-14,16H2,1-4H3,(H,26,33). The number of anilines is 1. The van der Waals surface area contributed by atoms with Crippen molar-refractivity contribution in [2.24, 2.45) is 7.05 Å². The lowest BCUT2D eigenvalue weighted by atomic mass is 10.0. The summed E-state index contributed by atoms with van der Waals surface area (Å²) >= 11 is 7.31. The largest absolute Gasteiger partial charge is 0.462 e. The number of carbonyl (C=O) groups is 1. The summed E-state index contributed by atoms with van der Waals surface area (Å²) < 4.78 is 7.28. The number of thiocarbonyl (C=S) groups is 1. The minimum atomic E-state index is -0.326. The number of thiophene rings is 1. The first-order valence-corrected chi connectivity index (χ1v) is 12.7. The number of esters is 1. The topological polar surface area (TPSA) is 62.6 Å². The number of hydrogen-bond donors (Lipinski definition) is 1. The minimum absolute atomic E-state index is 0.324. The van der Waals surface area contributed by atoms with Crippen LogP contribution in [0.3, 0.4) is 0 Å². The quantitative estimate of drug-likeness (QED) is 0.399. The smallest absolute Gasteiger partial charge is 0.341 e. The Kier molecular flexibility index (Phi) is 7.65. The van der Waals surface area contributed by atoms with Crippen molar-refractivity contribution in [1.29, 1.82) is 0 Å². The van der Waals surface area contributed by atoms with Gasteiger partial charge in [-0.1, -0.05) is 30.3 Å². The number of aromatic nitrogens is 2. The molecule has 0 saturated carbocycles. The van der Waals surface area contributed by atoms with E-state index < -0.39 is 0 Å². The van der Waals surface area contributed by atoms with Crippen molar-refractivity contribution in [3.63, 3.8) is 0 Å². The normalized spacial score (nSPS) is 14.3. The van der Waals surface area contributed by atoms with Gasteiger partial charge in [0.1, 0.15) is 10.6 Å². The Hall–Kier alpha value is -2.75. The van der Waals surface area contributed by atoms with Gasteiger partial charge < -0.3 is 15.0 Å². The molecule has 3 aromatic rings. The van der Waals surface area contributed by atoms with Gasteiger partial charge in [-0.15, -0.1) is 11.3 Å². The van der Waals surface area contributed by atoms with E-state index in [4.69, 9.17) is 17.0 Å². The van der Waals surface area contributed by atoms with Crippen molar-refractivity contribution in [2.45, 2.75) is 27.3 Å². The molecule has 0 unspecified atom stereocenters. The van der Waals surface area contributed by atoms with E-state index in [1.54, 1.807) is 11.3 Å². The number of hydrogen-bond acceptors (Lipinski definition) is 6. The molecule has 1 fully saturated rings. The van der Waals surface area contributed by atoms with E-state index in [9.17, 15) is 4.79 Å². The number of rotatable bonds is 6. The first kappa shape index (κ1) is 24.4. The van der Waals surface area contributed by atoms with E-state index in [2.05, 4.69) is 33.3 Å². The highest BCUT2D eigenvalue weighted by Gasteiger charge is 2.27. The van der Waals surface area contributed by atoms with Crippen LogP contribution in [-0.4, -0.2) is 63.4 Å². The molecule has 0 aliphatic carbocycles. The molecule has 0 spiro atoms. The Bertz CT molecular complexity index is 1160. The Labute approximate surface area is 210 Å². The molecule has 34 heavy (non-hydrogen) atoms. The lowest BCUT2D eigenvalue weighted by molar-refractivity contribution is 0.0529. The second kappa shape index (κ2) is 10.7. The summed E-state index contributed by atoms with van der Waals surface area (Å²) in [5.41, 5.74) is 4.81. The van der Waals surface area contributed by atoms with E-state index in [0.29, 0.717) is 17.3 Å². The molecule has 0 atom stereocenters. The van der Waals surface area contributed by atoms with Crippen LogP contribution in [0.5, 0.6) is 0 Å². The van der Waals surface area contributed by atoms with Crippen LogP contribution in [0.15, 0.2) is 36.5 Å². The maximum atomic E-state index is 13.0. The summed E-state index contributed by atoms with van der Waals surface area (Å²) in [5.74, 6) is -0.326. The van der Waals surface area contributed by atoms with Crippen molar-refractivity contribution >= 4 is 39.6 Å². The van der Waals surface area contributed by atoms with Crippen LogP contribution in [-0.2, 0) is 18.3 Å². The average molecular weight is 498 g/mol. The van der Waals surface area contributed by atoms with Crippen LogP contribution in [0.2, 0.25) is 0 Å². The lowest BCUT2D eigenvalue weighted by Crippen LogP contribution is -2.49. The molecule has 4 rings (SSSR count). The number of carbonyl (C=O) groups excluding carboxylic acids is 1. The van der Waals surface area contributed by atoms with E-state index in [1.807, 2.05) is 55.9 Å². The van der Waals surface area contributed by atoms with Gasteiger partial charge in [0.05, 0.1) is 12.3 Å². The predicted molar refractivity (Wildman–Crippen MR) is 141 cm³/mol. The summed E-state index contributed by atoms with van der Waals surface area (Å²) in [7, 11) is 1.96. The van der Waals surface area contributed by atoms with E-state index in [0.717, 1.165) is 59.4 Å². The monoisotopic (exact) mass is 497 g/mol. The summed E-state index contributed by atoms with van der Waals surface area (Å²) in [6.45, 7) is 10.6.